The molecule has 112 valence electrons. The van der Waals surface area contributed by atoms with Crippen LogP contribution in [0.4, 0.5) is 4.79 Å². The highest BCUT2D eigenvalue weighted by molar-refractivity contribution is 5.66. The van der Waals surface area contributed by atoms with Gasteiger partial charge >= 0.3 is 6.09 Å². The Morgan fingerprint density at radius 3 is 2.15 bits per heavy atom. The Morgan fingerprint density at radius 1 is 1.00 bits per heavy atom. The number of amides is 1. The van der Waals surface area contributed by atoms with E-state index in [9.17, 15) is 9.90 Å². The highest BCUT2D eigenvalue weighted by atomic mass is 16.5. The quantitative estimate of drug-likeness (QED) is 0.795. The molecule has 0 aromatic carbocycles. The molecular weight excluding hydrogens is 256 g/mol. The van der Waals surface area contributed by atoms with Crippen LogP contribution < -0.4 is 0 Å². The van der Waals surface area contributed by atoms with Crippen molar-refractivity contribution in [2.24, 2.45) is 5.41 Å². The fraction of sp³-hybridized carbons (Fsp3) is 0.933. The molecule has 0 aromatic heterocycles. The Morgan fingerprint density at radius 2 is 1.60 bits per heavy atom. The van der Waals surface area contributed by atoms with Gasteiger partial charge in [-0.25, -0.2) is 4.79 Å². The van der Waals surface area contributed by atoms with Crippen molar-refractivity contribution in [1.29, 1.82) is 0 Å². The molecule has 5 heteroatoms. The molecule has 5 nitrogen and oxygen atoms in total. The second kappa shape index (κ2) is 4.60. The van der Waals surface area contributed by atoms with Crippen molar-refractivity contribution < 1.29 is 14.6 Å². The zero-order chi connectivity index (χ0) is 13.7. The van der Waals surface area contributed by atoms with Crippen LogP contribution in [0, 0.1) is 5.41 Å². The molecule has 1 amide bonds. The number of piperidine rings is 1. The Balaban J connectivity index is 1.39. The lowest BCUT2D eigenvalue weighted by Gasteiger charge is -2.58. The van der Waals surface area contributed by atoms with Gasteiger partial charge in [-0.2, -0.15) is 0 Å². The Bertz CT molecular complexity index is 386. The van der Waals surface area contributed by atoms with Crippen LogP contribution in [-0.4, -0.2) is 65.4 Å². The third kappa shape index (κ3) is 1.94. The van der Waals surface area contributed by atoms with E-state index in [1.54, 1.807) is 4.90 Å². The molecule has 0 radical (unpaired) electrons. The van der Waals surface area contributed by atoms with Crippen LogP contribution in [0.3, 0.4) is 0 Å². The van der Waals surface area contributed by atoms with E-state index in [2.05, 4.69) is 4.90 Å². The molecular formula is C15H24N2O3. The van der Waals surface area contributed by atoms with Crippen molar-refractivity contribution in [2.75, 3.05) is 26.3 Å². The van der Waals surface area contributed by atoms with E-state index in [0.29, 0.717) is 23.5 Å². The molecule has 4 heterocycles. The summed E-state index contributed by atoms with van der Waals surface area (Å²) in [5.41, 5.74) is 0.427. The van der Waals surface area contributed by atoms with Gasteiger partial charge in [-0.3, -0.25) is 4.90 Å². The number of hydrogen-bond acceptors (Lipinski definition) is 3. The van der Waals surface area contributed by atoms with Crippen molar-refractivity contribution >= 4 is 6.09 Å². The lowest BCUT2D eigenvalue weighted by atomic mass is 9.68. The van der Waals surface area contributed by atoms with Gasteiger partial charge in [0.1, 0.15) is 0 Å². The first-order chi connectivity index (χ1) is 9.67. The van der Waals surface area contributed by atoms with Crippen LogP contribution in [0.15, 0.2) is 0 Å². The number of hydrogen-bond donors (Lipinski definition) is 1. The summed E-state index contributed by atoms with van der Waals surface area (Å²) < 4.78 is 5.44. The topological polar surface area (TPSA) is 53.0 Å². The molecule has 4 aliphatic rings. The average Bonchev–Trinajstić information content (AvgIpc) is 2.69. The predicted octanol–water partition coefficient (Wildman–Crippen LogP) is 1.77. The van der Waals surface area contributed by atoms with E-state index in [0.717, 1.165) is 38.9 Å². The first kappa shape index (κ1) is 12.9. The number of carbonyl (C=O) groups is 1. The second-order valence-corrected chi connectivity index (χ2v) is 7.23. The van der Waals surface area contributed by atoms with Crippen molar-refractivity contribution in [3.63, 3.8) is 0 Å². The number of likely N-dealkylation sites (tertiary alicyclic amines) is 1. The number of nitrogens with zero attached hydrogens (tertiary/aromatic N) is 2. The van der Waals surface area contributed by atoms with Gasteiger partial charge in [-0.05, 0) is 43.9 Å². The normalized spacial score (nSPS) is 37.1. The standard InChI is InChI=1S/C15H24N2O3/c18-14(19)17-12-1-2-13(17)8-15(7-12)9-16(10-15)11-3-5-20-6-4-11/h11-13H,1-10H2,(H,18,19)/t12-,13+. The summed E-state index contributed by atoms with van der Waals surface area (Å²) in [6.45, 7) is 4.20. The van der Waals surface area contributed by atoms with Crippen LogP contribution in [0.25, 0.3) is 0 Å². The van der Waals surface area contributed by atoms with Gasteiger partial charge in [0, 0.05) is 44.4 Å². The number of ether oxygens (including phenoxy) is 1. The lowest BCUT2D eigenvalue weighted by Crippen LogP contribution is -2.65. The number of fused-ring (bicyclic) bond motifs is 2. The second-order valence-electron chi connectivity index (χ2n) is 7.23. The molecule has 4 aliphatic heterocycles. The number of rotatable bonds is 1. The van der Waals surface area contributed by atoms with Gasteiger partial charge in [0.05, 0.1) is 0 Å². The summed E-state index contributed by atoms with van der Waals surface area (Å²) in [5, 5.41) is 9.34. The minimum absolute atomic E-state index is 0.295. The van der Waals surface area contributed by atoms with Crippen molar-refractivity contribution in [3.05, 3.63) is 0 Å². The van der Waals surface area contributed by atoms with Crippen LogP contribution >= 0.6 is 0 Å². The van der Waals surface area contributed by atoms with Crippen LogP contribution in [0.2, 0.25) is 0 Å². The van der Waals surface area contributed by atoms with Gasteiger partial charge in [0.15, 0.2) is 0 Å². The maximum Gasteiger partial charge on any atom is 0.407 e. The minimum Gasteiger partial charge on any atom is -0.465 e. The van der Waals surface area contributed by atoms with Crippen molar-refractivity contribution in [1.82, 2.24) is 9.80 Å². The van der Waals surface area contributed by atoms with E-state index in [1.807, 2.05) is 0 Å². The number of carboxylic acid groups (broad SMARTS) is 1. The summed E-state index contributed by atoms with van der Waals surface area (Å²) in [6, 6.07) is 1.30. The molecule has 20 heavy (non-hydrogen) atoms. The first-order valence-electron chi connectivity index (χ1n) is 8.00. The third-order valence-electron chi connectivity index (χ3n) is 5.96. The largest absolute Gasteiger partial charge is 0.465 e. The molecule has 1 spiro atoms. The summed E-state index contributed by atoms with van der Waals surface area (Å²) in [6.07, 6.45) is 5.98. The van der Waals surface area contributed by atoms with E-state index in [1.165, 1.54) is 25.9 Å². The van der Waals surface area contributed by atoms with E-state index < -0.39 is 6.09 Å². The summed E-state index contributed by atoms with van der Waals surface area (Å²) in [7, 11) is 0. The molecule has 0 saturated carbocycles. The van der Waals surface area contributed by atoms with Crippen LogP contribution in [0.1, 0.15) is 38.5 Å². The van der Waals surface area contributed by atoms with E-state index >= 15 is 0 Å². The average molecular weight is 280 g/mol. The first-order valence-corrected chi connectivity index (χ1v) is 8.00. The van der Waals surface area contributed by atoms with Gasteiger partial charge < -0.3 is 14.7 Å². The van der Waals surface area contributed by atoms with Crippen LogP contribution in [0.5, 0.6) is 0 Å². The summed E-state index contributed by atoms with van der Waals surface area (Å²) in [5.74, 6) is 0. The molecule has 2 atom stereocenters. The third-order valence-corrected chi connectivity index (χ3v) is 5.96. The SMILES string of the molecule is O=C(O)N1[C@@H]2CC[C@H]1CC1(C2)CN(C2CCOCC2)C1. The zero-order valence-corrected chi connectivity index (χ0v) is 12.0. The van der Waals surface area contributed by atoms with Gasteiger partial charge in [0.2, 0.25) is 0 Å². The molecule has 0 aliphatic carbocycles. The lowest BCUT2D eigenvalue weighted by molar-refractivity contribution is -0.102. The van der Waals surface area contributed by atoms with Crippen molar-refractivity contribution in [2.45, 2.75) is 56.7 Å². The highest BCUT2D eigenvalue weighted by Gasteiger charge is 2.55. The smallest absolute Gasteiger partial charge is 0.407 e. The van der Waals surface area contributed by atoms with E-state index in [-0.39, 0.29) is 0 Å². The Hall–Kier alpha value is -0.810. The molecule has 4 fully saturated rings. The minimum atomic E-state index is -0.701. The Labute approximate surface area is 119 Å². The molecule has 4 saturated heterocycles. The maximum absolute atomic E-state index is 11.3. The van der Waals surface area contributed by atoms with Gasteiger partial charge in [0.25, 0.3) is 0 Å². The fourth-order valence-electron chi connectivity index (χ4n) is 5.14. The Kier molecular flexibility index (Phi) is 2.96. The summed E-state index contributed by atoms with van der Waals surface area (Å²) in [4.78, 5) is 15.7. The van der Waals surface area contributed by atoms with Crippen LogP contribution in [-0.2, 0) is 4.74 Å². The molecule has 2 bridgehead atoms. The molecule has 0 unspecified atom stereocenters. The van der Waals surface area contributed by atoms with Gasteiger partial charge in [-0.1, -0.05) is 0 Å². The van der Waals surface area contributed by atoms with Crippen molar-refractivity contribution in [3.8, 4) is 0 Å². The predicted molar refractivity (Wildman–Crippen MR) is 73.8 cm³/mol. The molecule has 1 N–H and O–H groups in total. The summed E-state index contributed by atoms with van der Waals surface area (Å²) >= 11 is 0. The van der Waals surface area contributed by atoms with E-state index in [4.69, 9.17) is 4.74 Å². The zero-order valence-electron chi connectivity index (χ0n) is 12.0. The highest BCUT2D eigenvalue weighted by Crippen LogP contribution is 2.51. The fourth-order valence-corrected chi connectivity index (χ4v) is 5.14. The molecule has 4 rings (SSSR count). The van der Waals surface area contributed by atoms with Gasteiger partial charge in [-0.15, -0.1) is 0 Å². The maximum atomic E-state index is 11.3. The monoisotopic (exact) mass is 280 g/mol. The molecule has 0 aromatic rings.